The quantitative estimate of drug-likeness (QED) is 0.912. The molecule has 0 atom stereocenters. The van der Waals surface area contributed by atoms with E-state index in [2.05, 4.69) is 0 Å². The summed E-state index contributed by atoms with van der Waals surface area (Å²) in [6, 6.07) is 6.18. The third-order valence-corrected chi connectivity index (χ3v) is 4.42. The van der Waals surface area contributed by atoms with Crippen LogP contribution in [0.5, 0.6) is 0 Å². The Balaban J connectivity index is 2.25. The van der Waals surface area contributed by atoms with E-state index >= 15 is 0 Å². The van der Waals surface area contributed by atoms with E-state index in [0.717, 1.165) is 14.7 Å². The van der Waals surface area contributed by atoms with E-state index in [9.17, 15) is 9.18 Å². The summed E-state index contributed by atoms with van der Waals surface area (Å²) in [6.07, 6.45) is 0. The highest BCUT2D eigenvalue weighted by Gasteiger charge is 2.09. The van der Waals surface area contributed by atoms with E-state index in [1.807, 2.05) is 6.92 Å². The molecule has 0 radical (unpaired) electrons. The molecule has 0 aliphatic carbocycles. The second-order valence-electron chi connectivity index (χ2n) is 3.47. The maximum Gasteiger partial charge on any atom is 0.336 e. The molecule has 1 aromatic carbocycles. The van der Waals surface area contributed by atoms with Gasteiger partial charge in [0.2, 0.25) is 0 Å². The van der Waals surface area contributed by atoms with Crippen molar-refractivity contribution in [3.05, 3.63) is 46.6 Å². The van der Waals surface area contributed by atoms with Crippen molar-refractivity contribution >= 4 is 29.1 Å². The first-order valence-electron chi connectivity index (χ1n) is 4.82. The van der Waals surface area contributed by atoms with Crippen molar-refractivity contribution in [2.45, 2.75) is 16.0 Å². The summed E-state index contributed by atoms with van der Waals surface area (Å²) in [7, 11) is 0. The molecular formula is C12H9FO2S2. The minimum Gasteiger partial charge on any atom is -0.478 e. The fourth-order valence-electron chi connectivity index (χ4n) is 1.27. The van der Waals surface area contributed by atoms with Crippen LogP contribution in [-0.2, 0) is 0 Å². The SMILES string of the molecule is Cc1ccc(F)cc1Sc1cc(C(=O)O)cs1. The van der Waals surface area contributed by atoms with Gasteiger partial charge in [-0.25, -0.2) is 9.18 Å². The third kappa shape index (κ3) is 2.87. The summed E-state index contributed by atoms with van der Waals surface area (Å²) in [5.41, 5.74) is 1.24. The van der Waals surface area contributed by atoms with Crippen molar-refractivity contribution in [1.29, 1.82) is 0 Å². The molecule has 0 fully saturated rings. The van der Waals surface area contributed by atoms with Crippen molar-refractivity contribution < 1.29 is 14.3 Å². The smallest absolute Gasteiger partial charge is 0.336 e. The molecule has 0 amide bonds. The molecule has 88 valence electrons. The molecule has 1 aromatic heterocycles. The molecule has 0 aliphatic heterocycles. The predicted octanol–water partition coefficient (Wildman–Crippen LogP) is 4.05. The van der Waals surface area contributed by atoms with E-state index in [4.69, 9.17) is 5.11 Å². The Bertz CT molecular complexity index is 563. The normalized spacial score (nSPS) is 10.5. The number of halogens is 1. The number of rotatable bonds is 3. The highest BCUT2D eigenvalue weighted by atomic mass is 32.2. The molecule has 0 aliphatic rings. The summed E-state index contributed by atoms with van der Waals surface area (Å²) in [4.78, 5) is 11.5. The van der Waals surface area contributed by atoms with E-state index in [-0.39, 0.29) is 11.4 Å². The van der Waals surface area contributed by atoms with Gasteiger partial charge in [0.25, 0.3) is 0 Å². The first-order chi connectivity index (χ1) is 8.06. The van der Waals surface area contributed by atoms with Crippen molar-refractivity contribution in [1.82, 2.24) is 0 Å². The van der Waals surface area contributed by atoms with Crippen LogP contribution in [0.4, 0.5) is 4.39 Å². The molecule has 2 rings (SSSR count). The average molecular weight is 268 g/mol. The van der Waals surface area contributed by atoms with Gasteiger partial charge in [-0.2, -0.15) is 0 Å². The van der Waals surface area contributed by atoms with Crippen LogP contribution in [0.15, 0.2) is 38.8 Å². The molecule has 0 saturated carbocycles. The second-order valence-corrected chi connectivity index (χ2v) is 5.72. The van der Waals surface area contributed by atoms with E-state index in [1.165, 1.54) is 35.2 Å². The molecule has 17 heavy (non-hydrogen) atoms. The summed E-state index contributed by atoms with van der Waals surface area (Å²) >= 11 is 2.73. The zero-order valence-corrected chi connectivity index (χ0v) is 10.6. The Morgan fingerprint density at radius 3 is 2.82 bits per heavy atom. The summed E-state index contributed by atoms with van der Waals surface area (Å²) in [5.74, 6) is -1.22. The molecule has 2 nitrogen and oxygen atoms in total. The largest absolute Gasteiger partial charge is 0.478 e. The number of hydrogen-bond donors (Lipinski definition) is 1. The van der Waals surface area contributed by atoms with Crippen LogP contribution < -0.4 is 0 Å². The average Bonchev–Trinajstić information content (AvgIpc) is 2.72. The topological polar surface area (TPSA) is 37.3 Å². The minimum absolute atomic E-state index is 0.270. The van der Waals surface area contributed by atoms with Gasteiger partial charge in [-0.15, -0.1) is 11.3 Å². The van der Waals surface area contributed by atoms with Crippen LogP contribution in [-0.4, -0.2) is 11.1 Å². The Hall–Kier alpha value is -1.33. The Morgan fingerprint density at radius 1 is 1.41 bits per heavy atom. The molecular weight excluding hydrogens is 259 g/mol. The van der Waals surface area contributed by atoms with Gasteiger partial charge in [-0.1, -0.05) is 17.8 Å². The van der Waals surface area contributed by atoms with E-state index in [1.54, 1.807) is 17.5 Å². The number of thiophene rings is 1. The predicted molar refractivity (Wildman–Crippen MR) is 66.5 cm³/mol. The Labute approximate surface area is 106 Å². The number of carbonyl (C=O) groups is 1. The number of aromatic carboxylic acids is 1. The molecule has 0 unspecified atom stereocenters. The van der Waals surface area contributed by atoms with Crippen molar-refractivity contribution in [2.75, 3.05) is 0 Å². The first kappa shape index (κ1) is 12.1. The van der Waals surface area contributed by atoms with Crippen LogP contribution in [0.1, 0.15) is 15.9 Å². The van der Waals surface area contributed by atoms with Gasteiger partial charge in [0.1, 0.15) is 5.82 Å². The number of aryl methyl sites for hydroxylation is 1. The Kier molecular flexibility index (Phi) is 3.49. The fourth-order valence-corrected chi connectivity index (χ4v) is 3.29. The highest BCUT2D eigenvalue weighted by Crippen LogP contribution is 2.34. The van der Waals surface area contributed by atoms with Gasteiger partial charge < -0.3 is 5.11 Å². The van der Waals surface area contributed by atoms with Crippen LogP contribution in [0.3, 0.4) is 0 Å². The zero-order valence-electron chi connectivity index (χ0n) is 8.94. The van der Waals surface area contributed by atoms with E-state index < -0.39 is 5.97 Å². The summed E-state index contributed by atoms with van der Waals surface area (Å²) in [5, 5.41) is 10.4. The molecule has 2 aromatic rings. The lowest BCUT2D eigenvalue weighted by Gasteiger charge is -2.03. The molecule has 1 N–H and O–H groups in total. The Morgan fingerprint density at radius 2 is 2.18 bits per heavy atom. The van der Waals surface area contributed by atoms with Crippen molar-refractivity contribution in [3.8, 4) is 0 Å². The molecule has 1 heterocycles. The maximum atomic E-state index is 13.1. The number of carboxylic acids is 1. The number of hydrogen-bond acceptors (Lipinski definition) is 3. The van der Waals surface area contributed by atoms with Crippen molar-refractivity contribution in [3.63, 3.8) is 0 Å². The second kappa shape index (κ2) is 4.89. The molecule has 0 spiro atoms. The first-order valence-corrected chi connectivity index (χ1v) is 6.51. The molecule has 5 heteroatoms. The molecule has 0 bridgehead atoms. The lowest BCUT2D eigenvalue weighted by atomic mass is 10.2. The third-order valence-electron chi connectivity index (χ3n) is 2.18. The lowest BCUT2D eigenvalue weighted by molar-refractivity contribution is 0.0697. The van der Waals surface area contributed by atoms with Gasteiger partial charge in [0.15, 0.2) is 0 Å². The highest BCUT2D eigenvalue weighted by molar-refractivity contribution is 8.01. The van der Waals surface area contributed by atoms with Crippen molar-refractivity contribution in [2.24, 2.45) is 0 Å². The standard InChI is InChI=1S/C12H9FO2S2/c1-7-2-3-9(13)5-10(7)17-11-4-8(6-16-11)12(14)15/h2-6H,1H3,(H,14,15). The summed E-state index contributed by atoms with van der Waals surface area (Å²) < 4.78 is 13.9. The fraction of sp³-hybridized carbons (Fsp3) is 0.0833. The molecule has 0 saturated heterocycles. The van der Waals surface area contributed by atoms with Crippen LogP contribution in [0, 0.1) is 12.7 Å². The van der Waals surface area contributed by atoms with Crippen LogP contribution in [0.25, 0.3) is 0 Å². The number of carboxylic acid groups (broad SMARTS) is 1. The minimum atomic E-state index is -0.941. The summed E-state index contributed by atoms with van der Waals surface area (Å²) in [6.45, 7) is 1.90. The van der Waals surface area contributed by atoms with Gasteiger partial charge in [-0.3, -0.25) is 0 Å². The monoisotopic (exact) mass is 268 g/mol. The zero-order chi connectivity index (χ0) is 12.4. The van der Waals surface area contributed by atoms with Gasteiger partial charge in [0.05, 0.1) is 9.77 Å². The maximum absolute atomic E-state index is 13.1. The lowest BCUT2D eigenvalue weighted by Crippen LogP contribution is -1.91. The van der Waals surface area contributed by atoms with Gasteiger partial charge in [0, 0.05) is 10.3 Å². The van der Waals surface area contributed by atoms with Crippen LogP contribution in [0.2, 0.25) is 0 Å². The van der Waals surface area contributed by atoms with Crippen LogP contribution >= 0.6 is 23.1 Å². The number of benzene rings is 1. The van der Waals surface area contributed by atoms with Gasteiger partial charge >= 0.3 is 5.97 Å². The van der Waals surface area contributed by atoms with E-state index in [0.29, 0.717) is 0 Å². The van der Waals surface area contributed by atoms with Gasteiger partial charge in [-0.05, 0) is 30.7 Å².